The summed E-state index contributed by atoms with van der Waals surface area (Å²) >= 11 is 7.30. The first-order valence-electron chi connectivity index (χ1n) is 27.4. The van der Waals surface area contributed by atoms with Crippen LogP contribution in [0.25, 0.3) is 5.57 Å². The number of benzene rings is 2. The molecule has 3 heterocycles. The van der Waals surface area contributed by atoms with Gasteiger partial charge in [-0.2, -0.15) is 4.58 Å². The maximum Gasteiger partial charge on any atom is 0.306 e. The third-order valence-corrected chi connectivity index (χ3v) is 20.2. The Labute approximate surface area is 440 Å². The highest BCUT2D eigenvalue weighted by molar-refractivity contribution is 7.85. The van der Waals surface area contributed by atoms with Crippen molar-refractivity contribution in [1.29, 1.82) is 0 Å². The molecule has 2 fully saturated rings. The molecule has 386 valence electrons. The van der Waals surface area contributed by atoms with E-state index in [4.69, 9.17) is 16.3 Å². The Morgan fingerprint density at radius 1 is 0.849 bits per heavy atom. The number of esters is 1. The minimum absolute atomic E-state index is 0.0234. The van der Waals surface area contributed by atoms with Gasteiger partial charge in [0.15, 0.2) is 5.71 Å². The fraction of sp³-hybridized carbons (Fsp3) is 0.508. The Kier molecular flexibility index (Phi) is 14.4. The Bertz CT molecular complexity index is 2980. The summed E-state index contributed by atoms with van der Waals surface area (Å²) in [4.78, 5) is 20.4. The van der Waals surface area contributed by atoms with E-state index in [1.807, 2.05) is 18.3 Å². The number of carbonyl (C=O) groups is 1. The van der Waals surface area contributed by atoms with Gasteiger partial charge in [-0.15, -0.1) is 0 Å². The molecule has 2 saturated carbocycles. The van der Waals surface area contributed by atoms with E-state index in [9.17, 15) is 17.8 Å². The second-order valence-electron chi connectivity index (χ2n) is 23.8. The molecule has 3 aromatic rings. The van der Waals surface area contributed by atoms with Gasteiger partial charge in [0.1, 0.15) is 12.6 Å². The van der Waals surface area contributed by atoms with Gasteiger partial charge >= 0.3 is 5.97 Å². The van der Waals surface area contributed by atoms with Gasteiger partial charge in [0, 0.05) is 83.5 Å². The first-order chi connectivity index (χ1) is 34.9. The molecular formula is C63H76ClN3O5S. The van der Waals surface area contributed by atoms with E-state index in [1.54, 1.807) is 5.57 Å². The number of rotatable bonds is 15. The van der Waals surface area contributed by atoms with Crippen LogP contribution in [0.3, 0.4) is 0 Å². The molecule has 7 aliphatic rings. The van der Waals surface area contributed by atoms with Gasteiger partial charge in [-0.05, 0) is 159 Å². The minimum atomic E-state index is -4.31. The summed E-state index contributed by atoms with van der Waals surface area (Å²) in [5, 5.41) is 0.782. The SMILES string of the molecule is CC1(C)C(/C=C/C2=C(Cl)C(=C/C=C3/N(CCCCCC(=O)O[C@H]4CC[C@@]5(C)C(=CC[C@@H]6[C@@H]5CC[C@]5(C)C(c7cccnc7)=CC[C@@H]65)C4)c4ccccc4C3(C)C)/CCC2)=[N+](CCCS(=O)(=O)[O-])c2ccccc21. The summed E-state index contributed by atoms with van der Waals surface area (Å²) < 4.78 is 43.0. The number of anilines is 1. The second-order valence-corrected chi connectivity index (χ2v) is 25.7. The summed E-state index contributed by atoms with van der Waals surface area (Å²) in [6, 6.07) is 21.3. The average Bonchev–Trinajstić information content (AvgIpc) is 3.91. The quantitative estimate of drug-likeness (QED) is 0.0491. The number of pyridine rings is 1. The first-order valence-corrected chi connectivity index (χ1v) is 29.4. The lowest BCUT2D eigenvalue weighted by Gasteiger charge is -2.57. The Morgan fingerprint density at radius 3 is 2.42 bits per heavy atom. The van der Waals surface area contributed by atoms with Gasteiger partial charge < -0.3 is 14.2 Å². The van der Waals surface area contributed by atoms with Crippen molar-refractivity contribution in [2.75, 3.05) is 23.7 Å². The lowest BCUT2D eigenvalue weighted by molar-refractivity contribution is -0.437. The summed E-state index contributed by atoms with van der Waals surface area (Å²) in [5.74, 6) is 1.61. The molecule has 10 heteroatoms. The van der Waals surface area contributed by atoms with Gasteiger partial charge in [-0.25, -0.2) is 8.42 Å². The maximum absolute atomic E-state index is 13.4. The van der Waals surface area contributed by atoms with Crippen LogP contribution in [-0.4, -0.2) is 59.2 Å². The summed E-state index contributed by atoms with van der Waals surface area (Å²) in [7, 11) is -4.31. The van der Waals surface area contributed by atoms with Gasteiger partial charge in [0.2, 0.25) is 5.69 Å². The van der Waals surface area contributed by atoms with Crippen molar-refractivity contribution in [3.05, 3.63) is 154 Å². The molecule has 1 aromatic heterocycles. The number of nitrogens with zero attached hydrogens (tertiary/aromatic N) is 3. The van der Waals surface area contributed by atoms with Crippen LogP contribution in [0.2, 0.25) is 0 Å². The van der Waals surface area contributed by atoms with Crippen molar-refractivity contribution in [3.63, 3.8) is 0 Å². The third-order valence-electron chi connectivity index (χ3n) is 18.9. The molecule has 0 bridgehead atoms. The molecule has 0 unspecified atom stereocenters. The lowest BCUT2D eigenvalue weighted by atomic mass is 9.47. The van der Waals surface area contributed by atoms with Crippen molar-refractivity contribution >= 4 is 50.3 Å². The smallest absolute Gasteiger partial charge is 0.306 e. The van der Waals surface area contributed by atoms with Crippen LogP contribution in [0.5, 0.6) is 0 Å². The predicted molar refractivity (Wildman–Crippen MR) is 295 cm³/mol. The number of unbranched alkanes of at least 4 members (excludes halogenated alkanes) is 2. The summed E-state index contributed by atoms with van der Waals surface area (Å²) in [6.07, 6.45) is 31.7. The van der Waals surface area contributed by atoms with E-state index in [1.165, 1.54) is 52.9 Å². The summed E-state index contributed by atoms with van der Waals surface area (Å²) in [5.41, 5.74) is 13.5. The number of ether oxygens (including phenoxy) is 1. The number of hydrogen-bond donors (Lipinski definition) is 0. The van der Waals surface area contributed by atoms with E-state index in [2.05, 4.69) is 147 Å². The average molecular weight is 1020 g/mol. The second kappa shape index (κ2) is 20.4. The van der Waals surface area contributed by atoms with Crippen molar-refractivity contribution in [2.45, 2.75) is 155 Å². The van der Waals surface area contributed by atoms with E-state index >= 15 is 0 Å². The van der Waals surface area contributed by atoms with Crippen LogP contribution < -0.4 is 4.90 Å². The maximum atomic E-state index is 13.4. The van der Waals surface area contributed by atoms with Crippen LogP contribution in [0.1, 0.15) is 155 Å². The zero-order chi connectivity index (χ0) is 51.3. The molecule has 0 spiro atoms. The number of fused-ring (bicyclic) bond motifs is 7. The highest BCUT2D eigenvalue weighted by Crippen LogP contribution is 2.66. The minimum Gasteiger partial charge on any atom is -0.748 e. The van der Waals surface area contributed by atoms with Crippen molar-refractivity contribution in [1.82, 2.24) is 4.98 Å². The van der Waals surface area contributed by atoms with Gasteiger partial charge in [0.05, 0.1) is 15.5 Å². The molecule has 0 saturated heterocycles. The standard InChI is InChI=1S/C63H76ClN3O5S/c1-60(2)52-20-9-11-22-54(52)66(56(60)31-25-43-17-14-18-44(59(43)64)26-32-57-61(3,4)53-21-10-12-23-55(53)67(57)39-16-40-73(69,70)71)38-13-7-8-24-58(68)72-47-33-35-62(5)46(41-47)27-28-48-50-30-29-49(45-19-15-37-65-42-45)63(50,6)36-34-51(48)62/h9-12,15,19-23,25-27,29,31-32,37,42,47-48,50-51H,7-8,13-14,16-18,24,28,30,33-36,38-41H2,1-6H3/t47-,48-,50-,51-,62-,63+/m0/s1. The molecule has 0 radical (unpaired) electrons. The van der Waals surface area contributed by atoms with Gasteiger partial charge in [-0.1, -0.05) is 118 Å². The highest BCUT2D eigenvalue weighted by atomic mass is 35.5. The van der Waals surface area contributed by atoms with Crippen LogP contribution in [0, 0.1) is 28.6 Å². The van der Waals surface area contributed by atoms with Crippen molar-refractivity contribution in [3.8, 4) is 0 Å². The van der Waals surface area contributed by atoms with Crippen molar-refractivity contribution in [2.24, 2.45) is 28.6 Å². The fourth-order valence-electron chi connectivity index (χ4n) is 15.0. The monoisotopic (exact) mass is 1020 g/mol. The van der Waals surface area contributed by atoms with Crippen LogP contribution >= 0.6 is 11.6 Å². The molecular weight excluding hydrogens is 946 g/mol. The number of allylic oxidation sites excluding steroid dienone is 11. The molecule has 8 nitrogen and oxygen atoms in total. The zero-order valence-corrected chi connectivity index (χ0v) is 45.7. The van der Waals surface area contributed by atoms with Crippen LogP contribution in [0.15, 0.2) is 137 Å². The van der Waals surface area contributed by atoms with E-state index in [0.717, 1.165) is 98.3 Å². The molecule has 0 amide bonds. The van der Waals surface area contributed by atoms with Crippen molar-refractivity contribution < 1.29 is 27.1 Å². The normalized spacial score (nSPS) is 29.2. The van der Waals surface area contributed by atoms with E-state index in [-0.39, 0.29) is 40.2 Å². The summed E-state index contributed by atoms with van der Waals surface area (Å²) in [6.45, 7) is 15.3. The third kappa shape index (κ3) is 9.85. The number of para-hydroxylation sites is 2. The highest BCUT2D eigenvalue weighted by Gasteiger charge is 2.57. The predicted octanol–water partition coefficient (Wildman–Crippen LogP) is 14.4. The molecule has 2 aliphatic heterocycles. The zero-order valence-electron chi connectivity index (χ0n) is 44.1. The van der Waals surface area contributed by atoms with Gasteiger partial charge in [0.25, 0.3) is 0 Å². The Balaban J connectivity index is 0.760. The lowest BCUT2D eigenvalue weighted by Crippen LogP contribution is -2.50. The number of carbonyl (C=O) groups excluding carboxylic acids is 1. The molecule has 2 aromatic carbocycles. The molecule has 6 atom stereocenters. The largest absolute Gasteiger partial charge is 0.748 e. The number of halogens is 1. The van der Waals surface area contributed by atoms with E-state index < -0.39 is 15.9 Å². The molecule has 10 rings (SSSR count). The number of aromatic nitrogens is 1. The number of hydrogen-bond acceptors (Lipinski definition) is 7. The van der Waals surface area contributed by atoms with E-state index in [0.29, 0.717) is 30.7 Å². The molecule has 5 aliphatic carbocycles. The van der Waals surface area contributed by atoms with Gasteiger partial charge in [-0.3, -0.25) is 9.78 Å². The Morgan fingerprint density at radius 2 is 1.63 bits per heavy atom. The van der Waals surface area contributed by atoms with Crippen LogP contribution in [0.4, 0.5) is 11.4 Å². The molecule has 0 N–H and O–H groups in total. The Hall–Kier alpha value is -4.83. The molecule has 73 heavy (non-hydrogen) atoms. The van der Waals surface area contributed by atoms with Crippen LogP contribution in [-0.2, 0) is 30.5 Å². The topological polar surface area (TPSA) is 103 Å². The fourth-order valence-corrected chi connectivity index (χ4v) is 15.8. The first kappa shape index (κ1) is 51.6.